The second-order valence-corrected chi connectivity index (χ2v) is 10.00. The first-order valence-corrected chi connectivity index (χ1v) is 12.6. The van der Waals surface area contributed by atoms with Gasteiger partial charge in [0.05, 0.1) is 17.0 Å². The quantitative estimate of drug-likeness (QED) is 0.454. The zero-order chi connectivity index (χ0) is 25.0. The largest absolute Gasteiger partial charge is 0.455 e. The van der Waals surface area contributed by atoms with E-state index in [0.717, 1.165) is 11.1 Å². The van der Waals surface area contributed by atoms with Crippen LogP contribution >= 0.6 is 0 Å². The van der Waals surface area contributed by atoms with E-state index in [4.69, 9.17) is 4.42 Å². The molecule has 9 nitrogen and oxygen atoms in total. The number of sulfonamides is 1. The van der Waals surface area contributed by atoms with Gasteiger partial charge < -0.3 is 4.42 Å². The van der Waals surface area contributed by atoms with Crippen molar-refractivity contribution in [2.75, 3.05) is 0 Å². The highest BCUT2D eigenvalue weighted by Crippen LogP contribution is 2.30. The summed E-state index contributed by atoms with van der Waals surface area (Å²) >= 11 is 0. The number of hydrazone groups is 1. The SMILES string of the molecule is Cc1ccc(S(=O)(=O)N/N=C2\CCCc3oc(C(=O)NNC(=O)Cc4ccccc4)c(C)c32)cc1. The number of carbonyl (C=O) groups is 2. The lowest BCUT2D eigenvalue weighted by Crippen LogP contribution is -2.42. The third kappa shape index (κ3) is 5.60. The molecule has 3 aromatic rings. The van der Waals surface area contributed by atoms with Gasteiger partial charge in [0.15, 0.2) is 5.76 Å². The average Bonchev–Trinajstić information content (AvgIpc) is 3.19. The van der Waals surface area contributed by atoms with Crippen molar-refractivity contribution in [3.8, 4) is 0 Å². The Kier molecular flexibility index (Phi) is 7.02. The molecule has 4 rings (SSSR count). The minimum Gasteiger partial charge on any atom is -0.455 e. The van der Waals surface area contributed by atoms with Gasteiger partial charge in [0.2, 0.25) is 5.91 Å². The number of hydrogen-bond acceptors (Lipinski definition) is 6. The topological polar surface area (TPSA) is 130 Å². The summed E-state index contributed by atoms with van der Waals surface area (Å²) in [5, 5.41) is 4.17. The van der Waals surface area contributed by atoms with Gasteiger partial charge in [0.1, 0.15) is 5.76 Å². The smallest absolute Gasteiger partial charge is 0.305 e. The lowest BCUT2D eigenvalue weighted by molar-refractivity contribution is -0.121. The van der Waals surface area contributed by atoms with Crippen LogP contribution in [0.25, 0.3) is 0 Å². The van der Waals surface area contributed by atoms with Crippen LogP contribution in [0.5, 0.6) is 0 Å². The standard InChI is InChI=1S/C25H26N4O5S/c1-16-11-13-19(14-12-16)35(32,33)29-26-20-9-6-10-21-23(20)17(2)24(34-21)25(31)28-27-22(30)15-18-7-4-3-5-8-18/h3-5,7-8,11-14,29H,6,9-10,15H2,1-2H3,(H,27,30)(H,28,31)/b26-20+. The number of hydrogen-bond donors (Lipinski definition) is 3. The fourth-order valence-electron chi connectivity index (χ4n) is 3.89. The summed E-state index contributed by atoms with van der Waals surface area (Å²) in [6.07, 6.45) is 1.93. The lowest BCUT2D eigenvalue weighted by Gasteiger charge is -2.14. The number of nitrogens with zero attached hydrogens (tertiary/aromatic N) is 1. The van der Waals surface area contributed by atoms with Crippen molar-refractivity contribution in [1.29, 1.82) is 0 Å². The molecule has 2 aromatic carbocycles. The summed E-state index contributed by atoms with van der Waals surface area (Å²) in [5.41, 5.74) is 8.18. The Bertz CT molecular complexity index is 1380. The summed E-state index contributed by atoms with van der Waals surface area (Å²) in [4.78, 5) is 27.3. The maximum atomic E-state index is 12.7. The molecule has 0 bridgehead atoms. The fraction of sp³-hybridized carbons (Fsp3) is 0.240. The van der Waals surface area contributed by atoms with Crippen molar-refractivity contribution in [1.82, 2.24) is 15.7 Å². The van der Waals surface area contributed by atoms with Crippen molar-refractivity contribution in [2.24, 2.45) is 5.10 Å². The van der Waals surface area contributed by atoms with E-state index in [2.05, 4.69) is 20.8 Å². The molecule has 0 atom stereocenters. The van der Waals surface area contributed by atoms with E-state index in [0.29, 0.717) is 41.9 Å². The number of aryl methyl sites for hydroxylation is 2. The average molecular weight is 495 g/mol. The Morgan fingerprint density at radius 2 is 1.69 bits per heavy atom. The van der Waals surface area contributed by atoms with Crippen molar-refractivity contribution in [3.05, 3.63) is 88.4 Å². The molecule has 1 aliphatic rings. The number of furan rings is 1. The highest BCUT2D eigenvalue weighted by molar-refractivity contribution is 7.89. The van der Waals surface area contributed by atoms with Crippen LogP contribution in [0.2, 0.25) is 0 Å². The zero-order valence-electron chi connectivity index (χ0n) is 19.4. The van der Waals surface area contributed by atoms with Gasteiger partial charge in [-0.25, -0.2) is 0 Å². The molecule has 0 spiro atoms. The van der Waals surface area contributed by atoms with Crippen LogP contribution in [0.1, 0.15) is 51.4 Å². The van der Waals surface area contributed by atoms with Crippen molar-refractivity contribution < 1.29 is 22.4 Å². The van der Waals surface area contributed by atoms with Crippen molar-refractivity contribution in [2.45, 2.75) is 44.4 Å². The molecule has 0 saturated heterocycles. The van der Waals surface area contributed by atoms with E-state index in [9.17, 15) is 18.0 Å². The minimum absolute atomic E-state index is 0.0472. The molecule has 0 saturated carbocycles. The van der Waals surface area contributed by atoms with E-state index in [1.165, 1.54) is 12.1 Å². The van der Waals surface area contributed by atoms with E-state index >= 15 is 0 Å². The Labute approximate surface area is 203 Å². The number of fused-ring (bicyclic) bond motifs is 1. The number of amides is 2. The van der Waals surface area contributed by atoms with Crippen LogP contribution in [0.3, 0.4) is 0 Å². The molecule has 0 fully saturated rings. The van der Waals surface area contributed by atoms with Crippen LogP contribution in [0.15, 0.2) is 69.0 Å². The van der Waals surface area contributed by atoms with Crippen LogP contribution in [0, 0.1) is 13.8 Å². The molecule has 0 unspecified atom stereocenters. The number of hydrazine groups is 1. The van der Waals surface area contributed by atoms with Gasteiger partial charge >= 0.3 is 5.91 Å². The predicted molar refractivity (Wildman–Crippen MR) is 130 cm³/mol. The second-order valence-electron chi connectivity index (χ2n) is 8.34. The highest BCUT2D eigenvalue weighted by Gasteiger charge is 2.28. The van der Waals surface area contributed by atoms with Gasteiger partial charge in [0, 0.05) is 17.5 Å². The van der Waals surface area contributed by atoms with Crippen LogP contribution in [0.4, 0.5) is 0 Å². The molecule has 2 amide bonds. The molecule has 3 N–H and O–H groups in total. The molecule has 10 heteroatoms. The molecule has 0 aliphatic heterocycles. The summed E-state index contributed by atoms with van der Waals surface area (Å²) in [6, 6.07) is 15.6. The summed E-state index contributed by atoms with van der Waals surface area (Å²) in [5.74, 6) is -0.363. The zero-order valence-corrected chi connectivity index (χ0v) is 20.2. The fourth-order valence-corrected chi connectivity index (χ4v) is 4.72. The number of benzene rings is 2. The van der Waals surface area contributed by atoms with Crippen molar-refractivity contribution in [3.63, 3.8) is 0 Å². The molecule has 0 radical (unpaired) electrons. The van der Waals surface area contributed by atoms with E-state index in [1.807, 2.05) is 37.3 Å². The lowest BCUT2D eigenvalue weighted by atomic mass is 9.93. The Morgan fingerprint density at radius 1 is 0.971 bits per heavy atom. The first-order valence-electron chi connectivity index (χ1n) is 11.2. The Morgan fingerprint density at radius 3 is 2.40 bits per heavy atom. The minimum atomic E-state index is -3.84. The van der Waals surface area contributed by atoms with Gasteiger partial charge in [0.25, 0.3) is 10.0 Å². The predicted octanol–water partition coefficient (Wildman–Crippen LogP) is 2.92. The highest BCUT2D eigenvalue weighted by atomic mass is 32.2. The second kappa shape index (κ2) is 10.1. The van der Waals surface area contributed by atoms with Gasteiger partial charge in [-0.2, -0.15) is 18.4 Å². The molecule has 1 heterocycles. The Balaban J connectivity index is 1.47. The van der Waals surface area contributed by atoms with Crippen LogP contribution in [-0.4, -0.2) is 25.9 Å². The van der Waals surface area contributed by atoms with E-state index in [1.54, 1.807) is 19.1 Å². The molecule has 1 aromatic heterocycles. The van der Waals surface area contributed by atoms with Gasteiger partial charge in [-0.1, -0.05) is 48.0 Å². The number of carbonyl (C=O) groups excluding carboxylic acids is 2. The normalized spacial score (nSPS) is 14.3. The van der Waals surface area contributed by atoms with Crippen LogP contribution in [-0.2, 0) is 27.7 Å². The molecular formula is C25H26N4O5S. The first-order chi connectivity index (χ1) is 16.7. The molecule has 35 heavy (non-hydrogen) atoms. The summed E-state index contributed by atoms with van der Waals surface area (Å²) in [7, 11) is -3.84. The van der Waals surface area contributed by atoms with E-state index in [-0.39, 0.29) is 23.0 Å². The number of rotatable bonds is 6. The maximum Gasteiger partial charge on any atom is 0.305 e. The van der Waals surface area contributed by atoms with Crippen LogP contribution < -0.4 is 15.7 Å². The Hall–Kier alpha value is -3.92. The van der Waals surface area contributed by atoms with E-state index < -0.39 is 15.9 Å². The maximum absolute atomic E-state index is 12.7. The van der Waals surface area contributed by atoms with Gasteiger partial charge in [-0.15, -0.1) is 0 Å². The summed E-state index contributed by atoms with van der Waals surface area (Å²) < 4.78 is 31.0. The van der Waals surface area contributed by atoms with Gasteiger partial charge in [-0.05, 0) is 44.4 Å². The first kappa shape index (κ1) is 24.2. The van der Waals surface area contributed by atoms with Crippen molar-refractivity contribution >= 4 is 27.5 Å². The monoisotopic (exact) mass is 494 g/mol. The number of nitrogens with one attached hydrogen (secondary N) is 3. The third-order valence-electron chi connectivity index (χ3n) is 5.69. The molecular weight excluding hydrogens is 468 g/mol. The summed E-state index contributed by atoms with van der Waals surface area (Å²) in [6.45, 7) is 3.58. The van der Waals surface area contributed by atoms with Gasteiger partial charge in [-0.3, -0.25) is 20.4 Å². The molecule has 182 valence electrons. The molecule has 1 aliphatic carbocycles. The third-order valence-corrected chi connectivity index (χ3v) is 6.91.